The second-order valence-electron chi connectivity index (χ2n) is 5.86. The molecule has 1 aliphatic heterocycles. The van der Waals surface area contributed by atoms with Crippen molar-refractivity contribution in [3.8, 4) is 0 Å². The molecule has 0 amide bonds. The van der Waals surface area contributed by atoms with Crippen molar-refractivity contribution in [2.24, 2.45) is 0 Å². The molecule has 2 aromatic rings. The van der Waals surface area contributed by atoms with Gasteiger partial charge in [-0.1, -0.05) is 35.4 Å². The van der Waals surface area contributed by atoms with Gasteiger partial charge in [-0.15, -0.1) is 0 Å². The zero-order chi connectivity index (χ0) is 13.7. The summed E-state index contributed by atoms with van der Waals surface area (Å²) in [7, 11) is 0. The second-order valence-corrected chi connectivity index (χ2v) is 7.62. The van der Waals surface area contributed by atoms with E-state index in [-0.39, 0.29) is 5.56 Å². The number of halogens is 1. The summed E-state index contributed by atoms with van der Waals surface area (Å²) in [6.45, 7) is 0.787. The van der Waals surface area contributed by atoms with Crippen molar-refractivity contribution >= 4 is 28.1 Å². The molecule has 106 valence electrons. The van der Waals surface area contributed by atoms with E-state index in [1.807, 2.05) is 9.08 Å². The Morgan fingerprint density at radius 2 is 2.05 bits per heavy atom. The average Bonchev–Trinajstić information content (AvgIpc) is 3.06. The van der Waals surface area contributed by atoms with Gasteiger partial charge in [0.15, 0.2) is 5.52 Å². The third kappa shape index (κ3) is 1.91. The Kier molecular flexibility index (Phi) is 3.08. The van der Waals surface area contributed by atoms with Gasteiger partial charge in [0.2, 0.25) is 0 Å². The summed E-state index contributed by atoms with van der Waals surface area (Å²) in [5.41, 5.74) is 0.720. The molecule has 1 saturated carbocycles. The predicted octanol–water partition coefficient (Wildman–Crippen LogP) is 2.30. The summed E-state index contributed by atoms with van der Waals surface area (Å²) in [4.78, 5) is 17.1. The largest absolute Gasteiger partial charge is 0.293 e. The first-order valence-electron chi connectivity index (χ1n) is 7.35. The van der Waals surface area contributed by atoms with Crippen LogP contribution in [0.4, 0.5) is 0 Å². The second kappa shape index (κ2) is 4.82. The van der Waals surface area contributed by atoms with Crippen LogP contribution in [0.2, 0.25) is 0 Å². The van der Waals surface area contributed by atoms with E-state index in [2.05, 4.69) is 27.6 Å². The normalized spacial score (nSPS) is 23.4. The maximum Gasteiger partial charge on any atom is 0.279 e. The zero-order valence-corrected chi connectivity index (χ0v) is 13.4. The molecule has 1 fully saturated rings. The molecule has 0 bridgehead atoms. The average molecular weight is 384 g/mol. The van der Waals surface area contributed by atoms with Crippen LogP contribution in [0.5, 0.6) is 0 Å². The minimum Gasteiger partial charge on any atom is -0.293 e. The van der Waals surface area contributed by atoms with Gasteiger partial charge in [0.1, 0.15) is 11.6 Å². The molecule has 3 heterocycles. The first kappa shape index (κ1) is 12.8. The smallest absolute Gasteiger partial charge is 0.279 e. The van der Waals surface area contributed by atoms with Crippen LogP contribution in [0.3, 0.4) is 0 Å². The van der Waals surface area contributed by atoms with Gasteiger partial charge in [-0.05, 0) is 19.3 Å². The molecule has 1 aliphatic carbocycles. The highest BCUT2D eigenvalue weighted by molar-refractivity contribution is 14.1. The summed E-state index contributed by atoms with van der Waals surface area (Å²) in [5, 5.41) is 4.74. The molecular formula is C14H17IN4O. The van der Waals surface area contributed by atoms with Gasteiger partial charge in [0.25, 0.3) is 5.56 Å². The zero-order valence-electron chi connectivity index (χ0n) is 11.3. The fourth-order valence-electron chi connectivity index (χ4n) is 3.45. The lowest BCUT2D eigenvalue weighted by atomic mass is 10.1. The molecule has 2 aliphatic rings. The van der Waals surface area contributed by atoms with E-state index in [0.717, 1.165) is 31.0 Å². The molecule has 0 aromatic carbocycles. The van der Waals surface area contributed by atoms with Gasteiger partial charge >= 0.3 is 0 Å². The lowest BCUT2D eigenvalue weighted by molar-refractivity contribution is 0.495. The van der Waals surface area contributed by atoms with Crippen molar-refractivity contribution in [1.82, 2.24) is 19.2 Å². The molecule has 0 radical (unpaired) electrons. The fraction of sp³-hybridized carbons (Fsp3) is 0.643. The molecule has 1 unspecified atom stereocenters. The number of aromatic nitrogens is 4. The molecule has 1 atom stereocenters. The van der Waals surface area contributed by atoms with Crippen LogP contribution in [-0.4, -0.2) is 23.1 Å². The van der Waals surface area contributed by atoms with Crippen molar-refractivity contribution in [1.29, 1.82) is 0 Å². The molecule has 6 heteroatoms. The maximum absolute atomic E-state index is 12.6. The summed E-state index contributed by atoms with van der Waals surface area (Å²) in [5.74, 6) is 2.39. The van der Waals surface area contributed by atoms with Gasteiger partial charge in [0.05, 0.1) is 6.20 Å². The van der Waals surface area contributed by atoms with Crippen LogP contribution in [0.15, 0.2) is 11.0 Å². The van der Waals surface area contributed by atoms with Crippen molar-refractivity contribution in [2.75, 3.05) is 0 Å². The highest BCUT2D eigenvalue weighted by atomic mass is 127. The van der Waals surface area contributed by atoms with E-state index in [4.69, 9.17) is 5.10 Å². The van der Waals surface area contributed by atoms with E-state index in [1.54, 1.807) is 6.20 Å². The Morgan fingerprint density at radius 3 is 2.85 bits per heavy atom. The third-order valence-corrected chi connectivity index (χ3v) is 5.61. The minimum atomic E-state index is 0.0787. The molecule has 0 saturated heterocycles. The van der Waals surface area contributed by atoms with E-state index < -0.39 is 0 Å². The molecule has 20 heavy (non-hydrogen) atoms. The highest BCUT2D eigenvalue weighted by Gasteiger charge is 2.25. The van der Waals surface area contributed by atoms with Crippen LogP contribution in [0, 0.1) is 0 Å². The van der Waals surface area contributed by atoms with Crippen LogP contribution < -0.4 is 5.56 Å². The Labute approximate surface area is 130 Å². The Bertz CT molecular complexity index is 714. The number of hydrogen-bond acceptors (Lipinski definition) is 3. The number of imidazole rings is 1. The van der Waals surface area contributed by atoms with Gasteiger partial charge in [-0.25, -0.2) is 9.50 Å². The minimum absolute atomic E-state index is 0.0787. The number of nitrogens with zero attached hydrogens (tertiary/aromatic N) is 4. The summed E-state index contributed by atoms with van der Waals surface area (Å²) < 4.78 is 4.25. The SMILES string of the molecule is O=c1c2cnc(C3CCCC3)n2nc2n1CCC(I)C2. The Balaban J connectivity index is 1.91. The lowest BCUT2D eigenvalue weighted by Crippen LogP contribution is -2.33. The third-order valence-electron chi connectivity index (χ3n) is 4.55. The summed E-state index contributed by atoms with van der Waals surface area (Å²) >= 11 is 2.45. The van der Waals surface area contributed by atoms with Crippen LogP contribution in [0.25, 0.3) is 5.52 Å². The first-order chi connectivity index (χ1) is 9.74. The monoisotopic (exact) mass is 384 g/mol. The number of alkyl halides is 1. The molecule has 2 aromatic heterocycles. The van der Waals surface area contributed by atoms with Crippen molar-refractivity contribution in [2.45, 2.75) is 54.9 Å². The van der Waals surface area contributed by atoms with E-state index in [9.17, 15) is 4.79 Å². The molecule has 0 N–H and O–H groups in total. The lowest BCUT2D eigenvalue weighted by Gasteiger charge is -2.21. The molecule has 4 rings (SSSR count). The van der Waals surface area contributed by atoms with Crippen molar-refractivity contribution < 1.29 is 0 Å². The van der Waals surface area contributed by atoms with Gasteiger partial charge in [-0.2, -0.15) is 5.10 Å². The summed E-state index contributed by atoms with van der Waals surface area (Å²) in [6.07, 6.45) is 8.52. The standard InChI is InChI=1S/C14H17IN4O/c15-10-5-6-18-12(7-10)17-19-11(14(18)20)8-16-13(19)9-3-1-2-4-9/h8-10H,1-7H2. The first-order valence-corrected chi connectivity index (χ1v) is 8.60. The van der Waals surface area contributed by atoms with Crippen molar-refractivity contribution in [3.63, 3.8) is 0 Å². The number of fused-ring (bicyclic) bond motifs is 2. The number of rotatable bonds is 1. The van der Waals surface area contributed by atoms with E-state index in [1.165, 1.54) is 25.7 Å². The molecule has 5 nitrogen and oxygen atoms in total. The molecule has 0 spiro atoms. The van der Waals surface area contributed by atoms with Crippen LogP contribution in [-0.2, 0) is 13.0 Å². The van der Waals surface area contributed by atoms with Gasteiger partial charge in [0, 0.05) is 22.8 Å². The topological polar surface area (TPSA) is 52.2 Å². The van der Waals surface area contributed by atoms with Crippen LogP contribution in [0.1, 0.15) is 49.7 Å². The van der Waals surface area contributed by atoms with E-state index in [0.29, 0.717) is 15.4 Å². The Hall–Kier alpha value is -0.920. The predicted molar refractivity (Wildman–Crippen MR) is 84.6 cm³/mol. The highest BCUT2D eigenvalue weighted by Crippen LogP contribution is 2.33. The number of hydrogen-bond donors (Lipinski definition) is 0. The Morgan fingerprint density at radius 1 is 1.25 bits per heavy atom. The van der Waals surface area contributed by atoms with Gasteiger partial charge < -0.3 is 0 Å². The van der Waals surface area contributed by atoms with Gasteiger partial charge in [-0.3, -0.25) is 9.36 Å². The summed E-state index contributed by atoms with van der Waals surface area (Å²) in [6, 6.07) is 0. The fourth-order valence-corrected chi connectivity index (χ4v) is 4.12. The quantitative estimate of drug-likeness (QED) is 0.560. The van der Waals surface area contributed by atoms with Crippen molar-refractivity contribution in [3.05, 3.63) is 28.2 Å². The maximum atomic E-state index is 12.6. The molecular weight excluding hydrogens is 367 g/mol. The van der Waals surface area contributed by atoms with Crippen LogP contribution >= 0.6 is 22.6 Å². The van der Waals surface area contributed by atoms with E-state index >= 15 is 0 Å².